The Hall–Kier alpha value is -3.91. The van der Waals surface area contributed by atoms with Gasteiger partial charge in [0.15, 0.2) is 5.76 Å². The summed E-state index contributed by atoms with van der Waals surface area (Å²) in [6, 6.07) is 18.4. The van der Waals surface area contributed by atoms with E-state index in [0.29, 0.717) is 16.7 Å². The van der Waals surface area contributed by atoms with E-state index in [4.69, 9.17) is 8.92 Å². The van der Waals surface area contributed by atoms with Crippen molar-refractivity contribution in [3.63, 3.8) is 0 Å². The van der Waals surface area contributed by atoms with E-state index in [0.717, 1.165) is 0 Å². The van der Waals surface area contributed by atoms with Crippen molar-refractivity contribution in [1.82, 2.24) is 0 Å². The molecule has 8 heteroatoms. The van der Waals surface area contributed by atoms with Gasteiger partial charge in [0.1, 0.15) is 16.4 Å². The fourth-order valence-corrected chi connectivity index (χ4v) is 3.91. The van der Waals surface area contributed by atoms with Gasteiger partial charge >= 0.3 is 16.1 Å². The van der Waals surface area contributed by atoms with Crippen LogP contribution in [-0.4, -0.2) is 27.3 Å². The van der Waals surface area contributed by atoms with Crippen LogP contribution in [0, 0.1) is 0 Å². The summed E-state index contributed by atoms with van der Waals surface area (Å²) in [6.45, 7) is 0. The van der Waals surface area contributed by atoms with E-state index in [1.807, 2.05) is 0 Å². The van der Waals surface area contributed by atoms with Crippen LogP contribution in [0.3, 0.4) is 0 Å². The number of ether oxygens (including phenoxy) is 2. The first-order chi connectivity index (χ1) is 14.9. The van der Waals surface area contributed by atoms with Crippen LogP contribution in [0.1, 0.15) is 26.3 Å². The third-order valence-corrected chi connectivity index (χ3v) is 5.77. The standard InChI is InChI=1S/C23H16O7S/c1-28-23(25)16-9-7-15(8-10-16)13-21-22(24)19-12-11-17(14-20(19)29-21)30-31(26,27)18-5-3-2-4-6-18/h2-14H,1H3. The molecule has 1 aliphatic rings. The molecule has 0 atom stereocenters. The third kappa shape index (κ3) is 4.19. The first-order valence-electron chi connectivity index (χ1n) is 9.13. The maximum Gasteiger partial charge on any atom is 0.339 e. The predicted molar refractivity (Wildman–Crippen MR) is 111 cm³/mol. The molecule has 1 heterocycles. The van der Waals surface area contributed by atoms with Gasteiger partial charge < -0.3 is 13.7 Å². The molecule has 0 spiro atoms. The average molecular weight is 436 g/mol. The zero-order valence-electron chi connectivity index (χ0n) is 16.3. The maximum absolute atomic E-state index is 12.6. The quantitative estimate of drug-likeness (QED) is 0.340. The van der Waals surface area contributed by atoms with Gasteiger partial charge in [-0.25, -0.2) is 4.79 Å². The molecule has 0 N–H and O–H groups in total. The Labute approximate surface area is 178 Å². The van der Waals surface area contributed by atoms with E-state index in [9.17, 15) is 18.0 Å². The van der Waals surface area contributed by atoms with E-state index in [2.05, 4.69) is 4.74 Å². The van der Waals surface area contributed by atoms with E-state index in [1.165, 1.54) is 43.5 Å². The van der Waals surface area contributed by atoms with Crippen LogP contribution in [0.4, 0.5) is 0 Å². The second-order valence-corrected chi connectivity index (χ2v) is 8.11. The molecule has 156 valence electrons. The van der Waals surface area contributed by atoms with E-state index < -0.39 is 16.1 Å². The minimum atomic E-state index is -4.01. The van der Waals surface area contributed by atoms with Gasteiger partial charge in [-0.1, -0.05) is 30.3 Å². The molecular formula is C23H16O7S. The molecule has 0 aliphatic carbocycles. The van der Waals surface area contributed by atoms with Crippen LogP contribution < -0.4 is 8.92 Å². The normalized spacial score (nSPS) is 14.1. The molecular weight excluding hydrogens is 420 g/mol. The second kappa shape index (κ2) is 8.08. The van der Waals surface area contributed by atoms with E-state index in [1.54, 1.807) is 42.5 Å². The lowest BCUT2D eigenvalue weighted by Gasteiger charge is -2.07. The number of rotatable bonds is 5. The van der Waals surface area contributed by atoms with Crippen molar-refractivity contribution < 1.29 is 31.7 Å². The molecule has 0 aromatic heterocycles. The summed E-state index contributed by atoms with van der Waals surface area (Å²) >= 11 is 0. The second-order valence-electron chi connectivity index (χ2n) is 6.56. The SMILES string of the molecule is COC(=O)c1ccc(C=C2Oc3cc(OS(=O)(=O)c4ccccc4)ccc3C2=O)cc1. The van der Waals surface area contributed by atoms with Crippen LogP contribution in [-0.2, 0) is 14.9 Å². The number of allylic oxidation sites excluding steroid dienone is 1. The monoisotopic (exact) mass is 436 g/mol. The number of fused-ring (bicyclic) bond motifs is 1. The van der Waals surface area contributed by atoms with Crippen molar-refractivity contribution in [2.45, 2.75) is 4.90 Å². The summed E-state index contributed by atoms with van der Waals surface area (Å²) in [6.07, 6.45) is 1.53. The number of carbonyl (C=O) groups excluding carboxylic acids is 2. The first-order valence-corrected chi connectivity index (χ1v) is 10.5. The molecule has 0 saturated heterocycles. The molecule has 0 saturated carbocycles. The average Bonchev–Trinajstić information content (AvgIpc) is 3.08. The van der Waals surface area contributed by atoms with Gasteiger partial charge in [0.2, 0.25) is 5.78 Å². The summed E-state index contributed by atoms with van der Waals surface area (Å²) in [5.41, 5.74) is 1.32. The fourth-order valence-electron chi connectivity index (χ4n) is 2.97. The molecule has 3 aromatic rings. The summed E-state index contributed by atoms with van der Waals surface area (Å²) < 4.78 is 40.2. The number of Topliss-reactive ketones (excluding diaryl/α,β-unsaturated/α-hetero) is 1. The first kappa shape index (κ1) is 20.4. The van der Waals surface area contributed by atoms with Gasteiger partial charge in [-0.05, 0) is 48.0 Å². The van der Waals surface area contributed by atoms with Gasteiger partial charge in [0.25, 0.3) is 0 Å². The summed E-state index contributed by atoms with van der Waals surface area (Å²) in [4.78, 5) is 24.2. The molecule has 31 heavy (non-hydrogen) atoms. The topological polar surface area (TPSA) is 96.0 Å². The van der Waals surface area contributed by atoms with Crippen LogP contribution >= 0.6 is 0 Å². The Kier molecular flexibility index (Phi) is 5.31. The lowest BCUT2D eigenvalue weighted by Crippen LogP contribution is -2.09. The highest BCUT2D eigenvalue weighted by Gasteiger charge is 2.28. The molecule has 0 unspecified atom stereocenters. The maximum atomic E-state index is 12.6. The Balaban J connectivity index is 1.56. The number of methoxy groups -OCH3 is 1. The van der Waals surface area contributed by atoms with Crippen molar-refractivity contribution in [3.05, 3.63) is 95.2 Å². The smallest absolute Gasteiger partial charge is 0.339 e. The van der Waals surface area contributed by atoms with Crippen LogP contribution in [0.2, 0.25) is 0 Å². The van der Waals surface area contributed by atoms with E-state index in [-0.39, 0.29) is 27.9 Å². The van der Waals surface area contributed by atoms with Crippen molar-refractivity contribution in [1.29, 1.82) is 0 Å². The lowest BCUT2D eigenvalue weighted by molar-refractivity contribution is 0.0600. The van der Waals surface area contributed by atoms with Gasteiger partial charge in [-0.3, -0.25) is 4.79 Å². The highest BCUT2D eigenvalue weighted by atomic mass is 32.2. The van der Waals surface area contributed by atoms with Gasteiger partial charge in [0, 0.05) is 6.07 Å². The predicted octanol–water partition coefficient (Wildman–Crippen LogP) is 3.86. The number of hydrogen-bond acceptors (Lipinski definition) is 7. The largest absolute Gasteiger partial charge is 0.465 e. The van der Waals surface area contributed by atoms with E-state index >= 15 is 0 Å². The van der Waals surface area contributed by atoms with Crippen LogP contribution in [0.5, 0.6) is 11.5 Å². The number of ketones is 1. The summed E-state index contributed by atoms with van der Waals surface area (Å²) in [5.74, 6) is -0.506. The highest BCUT2D eigenvalue weighted by molar-refractivity contribution is 7.87. The van der Waals surface area contributed by atoms with Crippen molar-refractivity contribution in [3.8, 4) is 11.5 Å². The zero-order chi connectivity index (χ0) is 22.0. The minimum absolute atomic E-state index is 0.0171. The molecule has 0 amide bonds. The summed E-state index contributed by atoms with van der Waals surface area (Å²) in [5, 5.41) is 0. The number of carbonyl (C=O) groups is 2. The molecule has 0 fully saturated rings. The Morgan fingerprint density at radius 1 is 0.968 bits per heavy atom. The van der Waals surface area contributed by atoms with Crippen molar-refractivity contribution in [2.24, 2.45) is 0 Å². The van der Waals surface area contributed by atoms with Crippen LogP contribution in [0.25, 0.3) is 6.08 Å². The molecule has 0 bridgehead atoms. The number of esters is 1. The fraction of sp³-hybridized carbons (Fsp3) is 0.0435. The van der Waals surface area contributed by atoms with Crippen molar-refractivity contribution in [2.75, 3.05) is 7.11 Å². The highest BCUT2D eigenvalue weighted by Crippen LogP contribution is 2.35. The zero-order valence-corrected chi connectivity index (χ0v) is 17.1. The molecule has 1 aliphatic heterocycles. The number of hydrogen-bond donors (Lipinski definition) is 0. The van der Waals surface area contributed by atoms with Gasteiger partial charge in [-0.15, -0.1) is 0 Å². The minimum Gasteiger partial charge on any atom is -0.465 e. The van der Waals surface area contributed by atoms with Crippen molar-refractivity contribution >= 4 is 27.9 Å². The third-order valence-electron chi connectivity index (χ3n) is 4.51. The lowest BCUT2D eigenvalue weighted by atomic mass is 10.1. The molecule has 7 nitrogen and oxygen atoms in total. The summed E-state index contributed by atoms with van der Waals surface area (Å²) in [7, 11) is -2.72. The molecule has 0 radical (unpaired) electrons. The van der Waals surface area contributed by atoms with Gasteiger partial charge in [0.05, 0.1) is 18.2 Å². The number of benzene rings is 3. The Bertz CT molecular complexity index is 1290. The Morgan fingerprint density at radius 2 is 1.68 bits per heavy atom. The van der Waals surface area contributed by atoms with Crippen LogP contribution in [0.15, 0.2) is 83.5 Å². The Morgan fingerprint density at radius 3 is 2.35 bits per heavy atom. The molecule has 3 aromatic carbocycles. The molecule has 4 rings (SSSR count). The van der Waals surface area contributed by atoms with Gasteiger partial charge in [-0.2, -0.15) is 8.42 Å².